The molecule has 0 unspecified atom stereocenters. The van der Waals surface area contributed by atoms with E-state index in [4.69, 9.17) is 13.9 Å². The Bertz CT molecular complexity index is 1380. The molecule has 0 aliphatic rings. The molecule has 1 aromatic heterocycles. The van der Waals surface area contributed by atoms with E-state index in [1.54, 1.807) is 38.5 Å². The summed E-state index contributed by atoms with van der Waals surface area (Å²) in [5.41, 5.74) is 3.93. The van der Waals surface area contributed by atoms with Crippen molar-refractivity contribution >= 4 is 28.2 Å². The van der Waals surface area contributed by atoms with Crippen molar-refractivity contribution in [3.63, 3.8) is 0 Å². The highest BCUT2D eigenvalue weighted by Gasteiger charge is 2.15. The van der Waals surface area contributed by atoms with Crippen LogP contribution in [0.3, 0.4) is 0 Å². The van der Waals surface area contributed by atoms with Gasteiger partial charge in [0.2, 0.25) is 11.7 Å². The molecule has 6 heteroatoms. The summed E-state index contributed by atoms with van der Waals surface area (Å²) in [6.45, 7) is 2.37. The fourth-order valence-corrected chi connectivity index (χ4v) is 3.83. The number of ketones is 1. The van der Waals surface area contributed by atoms with Crippen molar-refractivity contribution in [2.24, 2.45) is 0 Å². The Hall–Kier alpha value is -4.32. The summed E-state index contributed by atoms with van der Waals surface area (Å²) in [5, 5.41) is 3.73. The number of rotatable bonds is 9. The number of hydrogen-bond donors (Lipinski definition) is 1. The number of allylic oxidation sites excluding steroid dienone is 1. The first kappa shape index (κ1) is 23.8. The second kappa shape index (κ2) is 10.7. The van der Waals surface area contributed by atoms with Crippen LogP contribution in [0.4, 0.5) is 0 Å². The number of fused-ring (bicyclic) bond motifs is 1. The number of furan rings is 1. The van der Waals surface area contributed by atoms with Gasteiger partial charge in [0.05, 0.1) is 14.2 Å². The van der Waals surface area contributed by atoms with E-state index in [0.717, 1.165) is 22.1 Å². The molecule has 3 aromatic carbocycles. The second-order valence-electron chi connectivity index (χ2n) is 8.12. The van der Waals surface area contributed by atoms with Crippen LogP contribution in [-0.4, -0.2) is 32.5 Å². The number of carbonyl (C=O) groups excluding carboxylic acids is 2. The first-order valence-electron chi connectivity index (χ1n) is 11.3. The number of amides is 1. The first-order valence-corrected chi connectivity index (χ1v) is 11.3. The first-order chi connectivity index (χ1) is 17.0. The predicted octanol–water partition coefficient (Wildman–Crippen LogP) is 5.44. The number of nitrogens with one attached hydrogen (secondary N) is 1. The number of ether oxygens (including phenoxy) is 2. The van der Waals surface area contributed by atoms with Gasteiger partial charge in [0.25, 0.3) is 0 Å². The number of methoxy groups -OCH3 is 2. The molecule has 178 valence electrons. The van der Waals surface area contributed by atoms with E-state index in [0.29, 0.717) is 35.6 Å². The second-order valence-corrected chi connectivity index (χ2v) is 8.12. The fourth-order valence-electron chi connectivity index (χ4n) is 3.83. The van der Waals surface area contributed by atoms with Crippen LogP contribution >= 0.6 is 0 Å². The van der Waals surface area contributed by atoms with Gasteiger partial charge in [0.1, 0.15) is 5.58 Å². The van der Waals surface area contributed by atoms with Crippen molar-refractivity contribution < 1.29 is 23.5 Å². The molecule has 0 spiro atoms. The van der Waals surface area contributed by atoms with Gasteiger partial charge < -0.3 is 19.2 Å². The molecule has 1 N–H and O–H groups in total. The SMILES string of the molecule is COc1ccc(CCNC(=O)/C=C(/C)c2ccc3oc(C(=O)c4ccccc4)cc3c2)cc1OC. The standard InChI is InChI=1S/C29H27NO5/c1-19(15-28(31)30-14-13-20-9-11-25(33-2)26(16-20)34-3)22-10-12-24-23(17-22)18-27(35-24)29(32)21-7-5-4-6-8-21/h4-12,15-18H,13-14H2,1-3H3,(H,30,31)/b19-15-. The van der Waals surface area contributed by atoms with E-state index in [9.17, 15) is 9.59 Å². The van der Waals surface area contributed by atoms with Crippen LogP contribution in [0.25, 0.3) is 16.5 Å². The van der Waals surface area contributed by atoms with Crippen molar-refractivity contribution in [1.82, 2.24) is 5.32 Å². The third kappa shape index (κ3) is 5.61. The van der Waals surface area contributed by atoms with Crippen LogP contribution in [-0.2, 0) is 11.2 Å². The zero-order chi connectivity index (χ0) is 24.8. The maximum absolute atomic E-state index is 12.7. The van der Waals surface area contributed by atoms with Crippen molar-refractivity contribution in [3.8, 4) is 11.5 Å². The lowest BCUT2D eigenvalue weighted by molar-refractivity contribution is -0.116. The molecule has 0 aliphatic carbocycles. The number of hydrogen-bond acceptors (Lipinski definition) is 5. The Balaban J connectivity index is 1.40. The van der Waals surface area contributed by atoms with Crippen molar-refractivity contribution in [2.45, 2.75) is 13.3 Å². The van der Waals surface area contributed by atoms with Crippen LogP contribution in [0.15, 0.2) is 83.3 Å². The molecule has 0 radical (unpaired) electrons. The van der Waals surface area contributed by atoms with E-state index in [2.05, 4.69) is 5.32 Å². The Morgan fingerprint density at radius 1 is 0.886 bits per heavy atom. The molecule has 0 bridgehead atoms. The minimum Gasteiger partial charge on any atom is -0.493 e. The Morgan fingerprint density at radius 2 is 1.66 bits per heavy atom. The Kier molecular flexibility index (Phi) is 7.31. The average molecular weight is 470 g/mol. The van der Waals surface area contributed by atoms with Gasteiger partial charge in [-0.25, -0.2) is 0 Å². The van der Waals surface area contributed by atoms with Crippen molar-refractivity contribution in [2.75, 3.05) is 20.8 Å². The highest BCUT2D eigenvalue weighted by atomic mass is 16.5. The largest absolute Gasteiger partial charge is 0.493 e. The molecule has 0 atom stereocenters. The van der Waals surface area contributed by atoms with Gasteiger partial charge in [-0.15, -0.1) is 0 Å². The van der Waals surface area contributed by atoms with Crippen molar-refractivity contribution in [1.29, 1.82) is 0 Å². The zero-order valence-corrected chi connectivity index (χ0v) is 20.0. The minimum absolute atomic E-state index is 0.163. The maximum atomic E-state index is 12.7. The van der Waals surface area contributed by atoms with Crippen LogP contribution < -0.4 is 14.8 Å². The average Bonchev–Trinajstić information content (AvgIpc) is 3.32. The topological polar surface area (TPSA) is 77.8 Å². The Morgan fingerprint density at radius 3 is 2.40 bits per heavy atom. The minimum atomic E-state index is -0.171. The third-order valence-corrected chi connectivity index (χ3v) is 5.74. The fraction of sp³-hybridized carbons (Fsp3) is 0.172. The van der Waals surface area contributed by atoms with E-state index in [1.165, 1.54) is 0 Å². The van der Waals surface area contributed by atoms with Crippen molar-refractivity contribution in [3.05, 3.63) is 101 Å². The summed E-state index contributed by atoms with van der Waals surface area (Å²) in [6.07, 6.45) is 2.24. The van der Waals surface area contributed by atoms with Gasteiger partial charge in [0.15, 0.2) is 17.3 Å². The van der Waals surface area contributed by atoms with Gasteiger partial charge >= 0.3 is 0 Å². The van der Waals surface area contributed by atoms with Gasteiger partial charge in [0, 0.05) is 23.6 Å². The third-order valence-electron chi connectivity index (χ3n) is 5.74. The molecule has 35 heavy (non-hydrogen) atoms. The van der Waals surface area contributed by atoms with Crippen LogP contribution in [0.5, 0.6) is 11.5 Å². The summed E-state index contributed by atoms with van der Waals surface area (Å²) in [6, 6.07) is 22.1. The van der Waals surface area contributed by atoms with E-state index >= 15 is 0 Å². The normalized spacial score (nSPS) is 11.3. The molecular formula is C29H27NO5. The molecular weight excluding hydrogens is 442 g/mol. The smallest absolute Gasteiger partial charge is 0.244 e. The lowest BCUT2D eigenvalue weighted by atomic mass is 10.0. The molecule has 1 heterocycles. The number of carbonyl (C=O) groups is 2. The molecule has 0 saturated carbocycles. The summed E-state index contributed by atoms with van der Waals surface area (Å²) < 4.78 is 16.3. The number of benzene rings is 3. The van der Waals surface area contributed by atoms with Gasteiger partial charge in [-0.1, -0.05) is 42.5 Å². The van der Waals surface area contributed by atoms with E-state index in [1.807, 2.05) is 61.5 Å². The monoisotopic (exact) mass is 469 g/mol. The molecule has 4 rings (SSSR count). The lowest BCUT2D eigenvalue weighted by Gasteiger charge is -2.10. The van der Waals surface area contributed by atoms with Crippen LogP contribution in [0.2, 0.25) is 0 Å². The summed E-state index contributed by atoms with van der Waals surface area (Å²) in [7, 11) is 3.19. The lowest BCUT2D eigenvalue weighted by Crippen LogP contribution is -2.23. The van der Waals surface area contributed by atoms with E-state index < -0.39 is 0 Å². The van der Waals surface area contributed by atoms with Gasteiger partial charge in [-0.2, -0.15) is 0 Å². The Labute approximate surface area is 204 Å². The highest BCUT2D eigenvalue weighted by molar-refractivity contribution is 6.09. The molecule has 0 fully saturated rings. The molecule has 6 nitrogen and oxygen atoms in total. The summed E-state index contributed by atoms with van der Waals surface area (Å²) in [4.78, 5) is 25.1. The van der Waals surface area contributed by atoms with Gasteiger partial charge in [-0.05, 0) is 60.4 Å². The molecule has 0 aliphatic heterocycles. The highest BCUT2D eigenvalue weighted by Crippen LogP contribution is 2.28. The molecule has 0 saturated heterocycles. The predicted molar refractivity (Wildman–Crippen MR) is 136 cm³/mol. The van der Waals surface area contributed by atoms with Crippen LogP contribution in [0, 0.1) is 0 Å². The molecule has 1 amide bonds. The maximum Gasteiger partial charge on any atom is 0.244 e. The molecule has 4 aromatic rings. The van der Waals surface area contributed by atoms with Gasteiger partial charge in [-0.3, -0.25) is 9.59 Å². The van der Waals surface area contributed by atoms with Crippen LogP contribution in [0.1, 0.15) is 34.2 Å². The summed E-state index contributed by atoms with van der Waals surface area (Å²) >= 11 is 0. The zero-order valence-electron chi connectivity index (χ0n) is 20.0. The quantitative estimate of drug-likeness (QED) is 0.261. The van der Waals surface area contributed by atoms with E-state index in [-0.39, 0.29) is 17.5 Å². The summed E-state index contributed by atoms with van der Waals surface area (Å²) in [5.74, 6) is 1.29.